The molecule has 35 heavy (non-hydrogen) atoms. The average molecular weight is 477 g/mol. The van der Waals surface area contributed by atoms with Gasteiger partial charge in [0.15, 0.2) is 5.76 Å². The summed E-state index contributed by atoms with van der Waals surface area (Å²) < 4.78 is 38.9. The van der Waals surface area contributed by atoms with Gasteiger partial charge in [0, 0.05) is 13.1 Å². The van der Waals surface area contributed by atoms with Crippen molar-refractivity contribution in [1.29, 1.82) is 0 Å². The highest BCUT2D eigenvalue weighted by molar-refractivity contribution is 6.02. The van der Waals surface area contributed by atoms with Crippen molar-refractivity contribution in [2.75, 3.05) is 11.9 Å². The highest BCUT2D eigenvalue weighted by Gasteiger charge is 2.16. The summed E-state index contributed by atoms with van der Waals surface area (Å²) in [5.74, 6) is 0.0768. The molecule has 0 aliphatic carbocycles. The highest BCUT2D eigenvalue weighted by atomic mass is 19.1. The summed E-state index contributed by atoms with van der Waals surface area (Å²) in [7, 11) is 0. The van der Waals surface area contributed by atoms with E-state index in [1.807, 2.05) is 37.3 Å². The molecule has 1 N–H and O–H groups in total. The summed E-state index contributed by atoms with van der Waals surface area (Å²) in [5, 5.41) is 2.52. The first-order valence-electron chi connectivity index (χ1n) is 11.3. The maximum absolute atomic E-state index is 13.9. The number of rotatable bonds is 10. The van der Waals surface area contributed by atoms with Crippen LogP contribution in [-0.4, -0.2) is 17.4 Å². The molecule has 1 amide bonds. The van der Waals surface area contributed by atoms with Gasteiger partial charge < -0.3 is 14.5 Å². The Morgan fingerprint density at radius 3 is 2.40 bits per heavy atom. The number of anilines is 1. The molecule has 180 valence electrons. The van der Waals surface area contributed by atoms with Gasteiger partial charge in [-0.1, -0.05) is 36.4 Å². The Balaban J connectivity index is 1.48. The summed E-state index contributed by atoms with van der Waals surface area (Å²) in [6.07, 6.45) is 0. The molecule has 5 nitrogen and oxygen atoms in total. The van der Waals surface area contributed by atoms with Crippen LogP contribution in [0.3, 0.4) is 0 Å². The number of amides is 1. The van der Waals surface area contributed by atoms with E-state index in [-0.39, 0.29) is 17.3 Å². The molecule has 1 aromatic heterocycles. The van der Waals surface area contributed by atoms with Crippen molar-refractivity contribution in [1.82, 2.24) is 4.90 Å². The number of furan rings is 1. The van der Waals surface area contributed by atoms with Crippen molar-refractivity contribution in [3.63, 3.8) is 0 Å². The second-order valence-corrected chi connectivity index (χ2v) is 8.05. The first kappa shape index (κ1) is 24.2. The lowest BCUT2D eigenvalue weighted by Gasteiger charge is -2.22. The Bertz CT molecular complexity index is 1270. The molecule has 0 fully saturated rings. The third-order valence-electron chi connectivity index (χ3n) is 5.32. The van der Waals surface area contributed by atoms with E-state index in [2.05, 4.69) is 10.2 Å². The van der Waals surface area contributed by atoms with Crippen LogP contribution < -0.4 is 10.1 Å². The number of ether oxygens (including phenoxy) is 1. The summed E-state index contributed by atoms with van der Waals surface area (Å²) in [6.45, 7) is 3.96. The Morgan fingerprint density at radius 1 is 0.886 bits per heavy atom. The number of halogens is 2. The second kappa shape index (κ2) is 11.4. The number of carbonyl (C=O) groups excluding carboxylic acids is 1. The Hall–Kier alpha value is -3.97. The van der Waals surface area contributed by atoms with E-state index >= 15 is 0 Å². The van der Waals surface area contributed by atoms with Crippen LogP contribution in [0, 0.1) is 11.6 Å². The van der Waals surface area contributed by atoms with Gasteiger partial charge in [-0.05, 0) is 66.6 Å². The summed E-state index contributed by atoms with van der Waals surface area (Å²) >= 11 is 0. The van der Waals surface area contributed by atoms with Crippen LogP contribution in [0.15, 0.2) is 89.3 Å². The first-order valence-corrected chi connectivity index (χ1v) is 11.3. The fraction of sp³-hybridized carbons (Fsp3) is 0.179. The lowest BCUT2D eigenvalue weighted by Crippen LogP contribution is -2.22. The van der Waals surface area contributed by atoms with Gasteiger partial charge in [0.05, 0.1) is 18.8 Å². The first-order chi connectivity index (χ1) is 17.0. The zero-order valence-electron chi connectivity index (χ0n) is 19.3. The molecule has 0 saturated carbocycles. The third kappa shape index (κ3) is 6.77. The summed E-state index contributed by atoms with van der Waals surface area (Å²) in [5.41, 5.74) is 1.95. The number of hydrogen-bond acceptors (Lipinski definition) is 4. The van der Waals surface area contributed by atoms with Gasteiger partial charge in [-0.3, -0.25) is 9.69 Å². The number of hydrogen-bond donors (Lipinski definition) is 1. The average Bonchev–Trinajstić information content (AvgIpc) is 3.31. The molecule has 0 bridgehead atoms. The molecule has 0 radical (unpaired) electrons. The third-order valence-corrected chi connectivity index (χ3v) is 5.32. The number of carbonyl (C=O) groups is 1. The van der Waals surface area contributed by atoms with Crippen molar-refractivity contribution in [2.45, 2.75) is 26.6 Å². The van der Waals surface area contributed by atoms with Gasteiger partial charge in [0.1, 0.15) is 23.1 Å². The standard InChI is InChI=1S/C28H26F2N2O3/c1-2-34-23-12-10-20(11-13-23)17-32(18-21-6-5-7-22(29)16-21)19-24-14-15-27(35-24)28(33)31-26-9-4-3-8-25(26)30/h3-16H,2,17-19H2,1H3,(H,31,33). The van der Waals surface area contributed by atoms with E-state index < -0.39 is 11.7 Å². The van der Waals surface area contributed by atoms with Gasteiger partial charge in [0.25, 0.3) is 5.91 Å². The quantitative estimate of drug-likeness (QED) is 0.287. The molecule has 4 aromatic rings. The lowest BCUT2D eigenvalue weighted by molar-refractivity contribution is 0.0991. The van der Waals surface area contributed by atoms with E-state index in [9.17, 15) is 13.6 Å². The van der Waals surface area contributed by atoms with Crippen molar-refractivity contribution in [3.8, 4) is 5.75 Å². The minimum Gasteiger partial charge on any atom is -0.494 e. The second-order valence-electron chi connectivity index (χ2n) is 8.05. The van der Waals surface area contributed by atoms with Crippen LogP contribution in [0.25, 0.3) is 0 Å². The molecule has 0 atom stereocenters. The van der Waals surface area contributed by atoms with Gasteiger partial charge in [-0.2, -0.15) is 0 Å². The zero-order valence-corrected chi connectivity index (χ0v) is 19.3. The molecule has 3 aromatic carbocycles. The molecular formula is C28H26F2N2O3. The number of benzene rings is 3. The normalized spacial score (nSPS) is 11.0. The van der Waals surface area contributed by atoms with E-state index in [0.29, 0.717) is 32.0 Å². The SMILES string of the molecule is CCOc1ccc(CN(Cc2cccc(F)c2)Cc2ccc(C(=O)Nc3ccccc3F)o2)cc1. The van der Waals surface area contributed by atoms with Gasteiger partial charge >= 0.3 is 0 Å². The lowest BCUT2D eigenvalue weighted by atomic mass is 10.1. The van der Waals surface area contributed by atoms with Crippen molar-refractivity contribution in [2.24, 2.45) is 0 Å². The smallest absolute Gasteiger partial charge is 0.291 e. The van der Waals surface area contributed by atoms with Crippen molar-refractivity contribution < 1.29 is 22.7 Å². The molecule has 7 heteroatoms. The maximum atomic E-state index is 13.9. The fourth-order valence-electron chi connectivity index (χ4n) is 3.73. The van der Waals surface area contributed by atoms with E-state index in [1.165, 1.54) is 24.3 Å². The maximum Gasteiger partial charge on any atom is 0.291 e. The Kier molecular flexibility index (Phi) is 7.90. The minimum absolute atomic E-state index is 0.0787. The minimum atomic E-state index is -0.537. The van der Waals surface area contributed by atoms with Crippen LogP contribution in [-0.2, 0) is 19.6 Å². The van der Waals surface area contributed by atoms with Crippen LogP contribution in [0.4, 0.5) is 14.5 Å². The molecule has 0 saturated heterocycles. The number of nitrogens with one attached hydrogen (secondary N) is 1. The number of para-hydroxylation sites is 1. The van der Waals surface area contributed by atoms with Crippen molar-refractivity contribution >= 4 is 11.6 Å². The van der Waals surface area contributed by atoms with Crippen LogP contribution >= 0.6 is 0 Å². The monoisotopic (exact) mass is 476 g/mol. The Morgan fingerprint density at radius 2 is 1.66 bits per heavy atom. The van der Waals surface area contributed by atoms with E-state index in [0.717, 1.165) is 16.9 Å². The van der Waals surface area contributed by atoms with Gasteiger partial charge in [-0.25, -0.2) is 8.78 Å². The summed E-state index contributed by atoms with van der Waals surface area (Å²) in [6, 6.07) is 23.5. The molecular weight excluding hydrogens is 450 g/mol. The van der Waals surface area contributed by atoms with Crippen LogP contribution in [0.5, 0.6) is 5.75 Å². The largest absolute Gasteiger partial charge is 0.494 e. The van der Waals surface area contributed by atoms with Gasteiger partial charge in [-0.15, -0.1) is 0 Å². The molecule has 0 aliphatic heterocycles. The molecule has 0 spiro atoms. The Labute approximate surface area is 203 Å². The molecule has 4 rings (SSSR count). The predicted molar refractivity (Wildman–Crippen MR) is 130 cm³/mol. The van der Waals surface area contributed by atoms with Crippen LogP contribution in [0.2, 0.25) is 0 Å². The van der Waals surface area contributed by atoms with E-state index in [1.54, 1.807) is 30.3 Å². The van der Waals surface area contributed by atoms with E-state index in [4.69, 9.17) is 9.15 Å². The number of nitrogens with zero attached hydrogens (tertiary/aromatic N) is 1. The predicted octanol–water partition coefficient (Wildman–Crippen LogP) is 6.41. The summed E-state index contributed by atoms with van der Waals surface area (Å²) in [4.78, 5) is 14.6. The topological polar surface area (TPSA) is 54.7 Å². The molecule has 0 aliphatic rings. The highest BCUT2D eigenvalue weighted by Crippen LogP contribution is 2.20. The van der Waals surface area contributed by atoms with Crippen molar-refractivity contribution in [3.05, 3.63) is 119 Å². The molecule has 1 heterocycles. The fourth-order valence-corrected chi connectivity index (χ4v) is 3.73. The van der Waals surface area contributed by atoms with Gasteiger partial charge in [0.2, 0.25) is 0 Å². The zero-order chi connectivity index (χ0) is 24.6. The van der Waals surface area contributed by atoms with Crippen LogP contribution in [0.1, 0.15) is 34.4 Å². The molecule has 0 unspecified atom stereocenters.